The molecule has 1 aromatic rings. The largest absolute Gasteiger partial charge is 0.397 e. The first-order chi connectivity index (χ1) is 8.77. The van der Waals surface area contributed by atoms with E-state index in [1.54, 1.807) is 18.3 Å². The summed E-state index contributed by atoms with van der Waals surface area (Å²) in [5.41, 5.74) is 6.44. The molecule has 5 heteroatoms. The summed E-state index contributed by atoms with van der Waals surface area (Å²) in [7, 11) is 0. The monoisotopic (exact) mass is 248 g/mol. The van der Waals surface area contributed by atoms with E-state index in [0.29, 0.717) is 17.9 Å². The Balaban J connectivity index is 1.76. The zero-order valence-corrected chi connectivity index (χ0v) is 10.6. The summed E-state index contributed by atoms with van der Waals surface area (Å²) >= 11 is 0. The lowest BCUT2D eigenvalue weighted by molar-refractivity contribution is 0.0942. The Morgan fingerprint density at radius 1 is 1.39 bits per heavy atom. The number of amides is 1. The van der Waals surface area contributed by atoms with E-state index < -0.39 is 0 Å². The maximum absolute atomic E-state index is 11.8. The van der Waals surface area contributed by atoms with E-state index in [0.717, 1.165) is 19.6 Å². The predicted octanol–water partition coefficient (Wildman–Crippen LogP) is 0.879. The normalized spacial score (nSPS) is 16.4. The molecular weight excluding hydrogens is 228 g/mol. The highest BCUT2D eigenvalue weighted by atomic mass is 16.1. The lowest BCUT2D eigenvalue weighted by Gasteiger charge is -2.26. The van der Waals surface area contributed by atoms with Gasteiger partial charge < -0.3 is 16.0 Å². The van der Waals surface area contributed by atoms with Crippen molar-refractivity contribution in [1.29, 1.82) is 0 Å². The molecule has 1 aliphatic rings. The number of anilines is 1. The third-order valence-corrected chi connectivity index (χ3v) is 3.22. The second-order valence-corrected chi connectivity index (χ2v) is 4.60. The van der Waals surface area contributed by atoms with Crippen molar-refractivity contribution in [3.05, 3.63) is 24.0 Å². The van der Waals surface area contributed by atoms with Crippen molar-refractivity contribution < 1.29 is 4.79 Å². The summed E-state index contributed by atoms with van der Waals surface area (Å²) in [5.74, 6) is -0.190. The molecule has 1 aromatic heterocycles. The number of nitrogens with zero attached hydrogens (tertiary/aromatic N) is 2. The maximum Gasteiger partial charge on any atom is 0.272 e. The summed E-state index contributed by atoms with van der Waals surface area (Å²) in [6, 6.07) is 3.41. The van der Waals surface area contributed by atoms with Gasteiger partial charge in [-0.3, -0.25) is 4.79 Å². The van der Waals surface area contributed by atoms with Crippen molar-refractivity contribution in [2.75, 3.05) is 31.9 Å². The Morgan fingerprint density at radius 3 is 2.89 bits per heavy atom. The third-order valence-electron chi connectivity index (χ3n) is 3.22. The van der Waals surface area contributed by atoms with Crippen LogP contribution in [0.4, 0.5) is 5.69 Å². The number of nitrogens with one attached hydrogen (secondary N) is 1. The minimum absolute atomic E-state index is 0.190. The zero-order valence-electron chi connectivity index (χ0n) is 10.6. The minimum atomic E-state index is -0.190. The van der Waals surface area contributed by atoms with Crippen LogP contribution in [0.3, 0.4) is 0 Å². The van der Waals surface area contributed by atoms with Crippen molar-refractivity contribution in [2.24, 2.45) is 0 Å². The number of carbonyl (C=O) groups excluding carboxylic acids is 1. The van der Waals surface area contributed by atoms with Crippen molar-refractivity contribution in [3.8, 4) is 0 Å². The van der Waals surface area contributed by atoms with Gasteiger partial charge >= 0.3 is 0 Å². The molecule has 1 amide bonds. The van der Waals surface area contributed by atoms with Crippen LogP contribution < -0.4 is 11.1 Å². The molecule has 2 rings (SSSR count). The predicted molar refractivity (Wildman–Crippen MR) is 71.3 cm³/mol. The minimum Gasteiger partial charge on any atom is -0.397 e. The molecule has 0 aromatic carbocycles. The second-order valence-electron chi connectivity index (χ2n) is 4.60. The number of nitrogen functional groups attached to an aromatic ring is 1. The summed E-state index contributed by atoms with van der Waals surface area (Å²) in [4.78, 5) is 18.2. The van der Waals surface area contributed by atoms with Crippen molar-refractivity contribution >= 4 is 11.6 Å². The number of hydrogen-bond acceptors (Lipinski definition) is 4. The quantitative estimate of drug-likeness (QED) is 0.829. The molecule has 0 spiro atoms. The van der Waals surface area contributed by atoms with E-state index in [2.05, 4.69) is 15.2 Å². The second kappa shape index (κ2) is 6.35. The van der Waals surface area contributed by atoms with E-state index in [9.17, 15) is 4.79 Å². The lowest BCUT2D eigenvalue weighted by Crippen LogP contribution is -2.38. The summed E-state index contributed by atoms with van der Waals surface area (Å²) < 4.78 is 0. The molecule has 0 atom stereocenters. The highest BCUT2D eigenvalue weighted by molar-refractivity contribution is 5.96. The molecule has 1 saturated heterocycles. The number of carbonyl (C=O) groups is 1. The number of likely N-dealkylation sites (tertiary alicyclic amines) is 1. The van der Waals surface area contributed by atoms with E-state index in [1.165, 1.54) is 19.3 Å². The highest BCUT2D eigenvalue weighted by Crippen LogP contribution is 2.08. The van der Waals surface area contributed by atoms with E-state index >= 15 is 0 Å². The average molecular weight is 248 g/mol. The molecule has 3 N–H and O–H groups in total. The maximum atomic E-state index is 11.8. The van der Waals surface area contributed by atoms with Crippen LogP contribution in [0.25, 0.3) is 0 Å². The zero-order chi connectivity index (χ0) is 12.8. The fourth-order valence-corrected chi connectivity index (χ4v) is 2.20. The standard InChI is InChI=1S/C13H20N4O/c14-11-5-4-6-15-12(11)13(18)16-7-10-17-8-2-1-3-9-17/h4-6H,1-3,7-10,14H2,(H,16,18). The summed E-state index contributed by atoms with van der Waals surface area (Å²) in [6.45, 7) is 3.83. The molecule has 98 valence electrons. The molecule has 0 radical (unpaired) electrons. The Morgan fingerprint density at radius 2 is 2.17 bits per heavy atom. The number of piperidine rings is 1. The topological polar surface area (TPSA) is 71.2 Å². The Bertz CT molecular complexity index is 402. The number of nitrogens with two attached hydrogens (primary N) is 1. The number of pyridine rings is 1. The fraction of sp³-hybridized carbons (Fsp3) is 0.538. The molecule has 1 fully saturated rings. The van der Waals surface area contributed by atoms with Gasteiger partial charge in [-0.2, -0.15) is 0 Å². The third kappa shape index (κ3) is 3.43. The molecule has 2 heterocycles. The molecule has 18 heavy (non-hydrogen) atoms. The van der Waals surface area contributed by atoms with Crippen LogP contribution in [0.1, 0.15) is 29.8 Å². The molecular formula is C13H20N4O. The number of rotatable bonds is 4. The molecule has 0 unspecified atom stereocenters. The van der Waals surface area contributed by atoms with Crippen LogP contribution in [-0.4, -0.2) is 42.0 Å². The van der Waals surface area contributed by atoms with E-state index in [1.807, 2.05) is 0 Å². The van der Waals surface area contributed by atoms with Crippen molar-refractivity contribution in [3.63, 3.8) is 0 Å². The van der Waals surface area contributed by atoms with Gasteiger partial charge in [0.15, 0.2) is 5.69 Å². The number of aromatic nitrogens is 1. The first-order valence-corrected chi connectivity index (χ1v) is 6.48. The summed E-state index contributed by atoms with van der Waals surface area (Å²) in [6.07, 6.45) is 5.44. The lowest BCUT2D eigenvalue weighted by atomic mass is 10.1. The van der Waals surface area contributed by atoms with Crippen LogP contribution in [0.15, 0.2) is 18.3 Å². The van der Waals surface area contributed by atoms with Gasteiger partial charge in [0, 0.05) is 19.3 Å². The van der Waals surface area contributed by atoms with Crippen LogP contribution >= 0.6 is 0 Å². The van der Waals surface area contributed by atoms with Crippen LogP contribution in [0.5, 0.6) is 0 Å². The molecule has 5 nitrogen and oxygen atoms in total. The number of hydrogen-bond donors (Lipinski definition) is 2. The van der Waals surface area contributed by atoms with Gasteiger partial charge in [-0.25, -0.2) is 4.98 Å². The molecule has 1 aliphatic heterocycles. The van der Waals surface area contributed by atoms with E-state index in [-0.39, 0.29) is 5.91 Å². The molecule has 0 aliphatic carbocycles. The van der Waals surface area contributed by atoms with Gasteiger partial charge in [0.2, 0.25) is 0 Å². The Kier molecular flexibility index (Phi) is 4.52. The van der Waals surface area contributed by atoms with Gasteiger partial charge in [0.05, 0.1) is 5.69 Å². The smallest absolute Gasteiger partial charge is 0.272 e. The first-order valence-electron chi connectivity index (χ1n) is 6.48. The first kappa shape index (κ1) is 12.8. The SMILES string of the molecule is Nc1cccnc1C(=O)NCCN1CCCCC1. The Labute approximate surface area is 107 Å². The van der Waals surface area contributed by atoms with Gasteiger partial charge in [-0.15, -0.1) is 0 Å². The van der Waals surface area contributed by atoms with Gasteiger partial charge in [0.25, 0.3) is 5.91 Å². The summed E-state index contributed by atoms with van der Waals surface area (Å²) in [5, 5.41) is 2.86. The Hall–Kier alpha value is -1.62. The van der Waals surface area contributed by atoms with Crippen LogP contribution in [-0.2, 0) is 0 Å². The van der Waals surface area contributed by atoms with Crippen molar-refractivity contribution in [1.82, 2.24) is 15.2 Å². The van der Waals surface area contributed by atoms with Crippen LogP contribution in [0, 0.1) is 0 Å². The average Bonchev–Trinajstić information content (AvgIpc) is 2.40. The highest BCUT2D eigenvalue weighted by Gasteiger charge is 2.12. The van der Waals surface area contributed by atoms with E-state index in [4.69, 9.17) is 5.73 Å². The van der Waals surface area contributed by atoms with Gasteiger partial charge in [-0.1, -0.05) is 6.42 Å². The fourth-order valence-electron chi connectivity index (χ4n) is 2.20. The molecule has 0 saturated carbocycles. The van der Waals surface area contributed by atoms with Crippen LogP contribution in [0.2, 0.25) is 0 Å². The van der Waals surface area contributed by atoms with Gasteiger partial charge in [-0.05, 0) is 38.1 Å². The molecule has 0 bridgehead atoms. The van der Waals surface area contributed by atoms with Crippen molar-refractivity contribution in [2.45, 2.75) is 19.3 Å². The van der Waals surface area contributed by atoms with Gasteiger partial charge in [0.1, 0.15) is 0 Å².